The lowest BCUT2D eigenvalue weighted by Gasteiger charge is -2.13. The number of nitrogens with two attached hydrogens (primary N) is 2. The highest BCUT2D eigenvalue weighted by atomic mass is 16.5. The van der Waals surface area contributed by atoms with E-state index in [-0.39, 0.29) is 6.04 Å². The van der Waals surface area contributed by atoms with Crippen molar-refractivity contribution >= 4 is 10.8 Å². The van der Waals surface area contributed by atoms with Gasteiger partial charge >= 0.3 is 0 Å². The lowest BCUT2D eigenvalue weighted by Crippen LogP contribution is -2.11. The zero-order valence-electron chi connectivity index (χ0n) is 11.4. The Morgan fingerprint density at radius 1 is 1.05 bits per heavy atom. The molecule has 0 amide bonds. The van der Waals surface area contributed by atoms with Gasteiger partial charge in [0.25, 0.3) is 0 Å². The largest absolute Gasteiger partial charge is 0.497 e. The molecule has 0 bridgehead atoms. The molecule has 0 saturated carbocycles. The van der Waals surface area contributed by atoms with E-state index in [1.165, 1.54) is 16.3 Å². The zero-order valence-corrected chi connectivity index (χ0v) is 11.4. The Hall–Kier alpha value is -1.58. The van der Waals surface area contributed by atoms with E-state index in [2.05, 4.69) is 24.3 Å². The summed E-state index contributed by atoms with van der Waals surface area (Å²) in [4.78, 5) is 0. The van der Waals surface area contributed by atoms with Gasteiger partial charge in [-0.1, -0.05) is 24.6 Å². The molecule has 0 aliphatic carbocycles. The van der Waals surface area contributed by atoms with Gasteiger partial charge in [-0.15, -0.1) is 0 Å². The van der Waals surface area contributed by atoms with Crippen LogP contribution in [0.3, 0.4) is 0 Å². The Kier molecular flexibility index (Phi) is 4.77. The van der Waals surface area contributed by atoms with Crippen molar-refractivity contribution in [2.24, 2.45) is 11.5 Å². The van der Waals surface area contributed by atoms with Crippen LogP contribution in [0.5, 0.6) is 5.75 Å². The first kappa shape index (κ1) is 13.8. The lowest BCUT2D eigenvalue weighted by molar-refractivity contribution is 0.415. The van der Waals surface area contributed by atoms with Gasteiger partial charge in [-0.05, 0) is 53.9 Å². The normalized spacial score (nSPS) is 12.6. The zero-order chi connectivity index (χ0) is 13.7. The van der Waals surface area contributed by atoms with E-state index in [1.807, 2.05) is 12.1 Å². The third-order valence-electron chi connectivity index (χ3n) is 3.47. The van der Waals surface area contributed by atoms with Gasteiger partial charge < -0.3 is 16.2 Å². The topological polar surface area (TPSA) is 61.3 Å². The van der Waals surface area contributed by atoms with Crippen LogP contribution in [0.25, 0.3) is 10.8 Å². The minimum absolute atomic E-state index is 0.0954. The van der Waals surface area contributed by atoms with Gasteiger partial charge in [-0.2, -0.15) is 0 Å². The maximum Gasteiger partial charge on any atom is 0.119 e. The third-order valence-corrected chi connectivity index (χ3v) is 3.47. The van der Waals surface area contributed by atoms with Crippen molar-refractivity contribution in [3.05, 3.63) is 42.0 Å². The summed E-state index contributed by atoms with van der Waals surface area (Å²) in [5.74, 6) is 0.882. The van der Waals surface area contributed by atoms with Crippen LogP contribution >= 0.6 is 0 Å². The summed E-state index contributed by atoms with van der Waals surface area (Å²) in [6, 6.07) is 12.6. The number of rotatable bonds is 6. The van der Waals surface area contributed by atoms with Gasteiger partial charge in [0.15, 0.2) is 0 Å². The summed E-state index contributed by atoms with van der Waals surface area (Å²) in [5, 5.41) is 2.38. The van der Waals surface area contributed by atoms with Crippen LogP contribution in [-0.2, 0) is 0 Å². The molecule has 19 heavy (non-hydrogen) atoms. The first-order valence-corrected chi connectivity index (χ1v) is 6.78. The molecule has 0 unspecified atom stereocenters. The lowest BCUT2D eigenvalue weighted by atomic mass is 9.98. The first-order valence-electron chi connectivity index (χ1n) is 6.78. The fourth-order valence-electron chi connectivity index (χ4n) is 2.28. The average Bonchev–Trinajstić information content (AvgIpc) is 2.46. The van der Waals surface area contributed by atoms with Crippen molar-refractivity contribution in [2.75, 3.05) is 13.7 Å². The smallest absolute Gasteiger partial charge is 0.119 e. The number of benzene rings is 2. The minimum Gasteiger partial charge on any atom is -0.497 e. The quantitative estimate of drug-likeness (QED) is 0.783. The van der Waals surface area contributed by atoms with E-state index in [4.69, 9.17) is 16.2 Å². The van der Waals surface area contributed by atoms with Crippen LogP contribution in [0.1, 0.15) is 30.9 Å². The molecule has 0 saturated heterocycles. The Balaban J connectivity index is 2.16. The molecule has 0 spiro atoms. The van der Waals surface area contributed by atoms with Crippen LogP contribution in [0.4, 0.5) is 0 Å². The highest BCUT2D eigenvalue weighted by Crippen LogP contribution is 2.25. The van der Waals surface area contributed by atoms with Gasteiger partial charge in [0, 0.05) is 6.04 Å². The van der Waals surface area contributed by atoms with Crippen molar-refractivity contribution in [3.63, 3.8) is 0 Å². The van der Waals surface area contributed by atoms with E-state index in [0.717, 1.165) is 31.6 Å². The number of fused-ring (bicyclic) bond motifs is 1. The molecule has 0 aromatic heterocycles. The van der Waals surface area contributed by atoms with Gasteiger partial charge in [-0.25, -0.2) is 0 Å². The van der Waals surface area contributed by atoms with Crippen LogP contribution < -0.4 is 16.2 Å². The van der Waals surface area contributed by atoms with Gasteiger partial charge in [0.2, 0.25) is 0 Å². The second kappa shape index (κ2) is 6.55. The number of methoxy groups -OCH3 is 1. The second-order valence-electron chi connectivity index (χ2n) is 4.86. The number of ether oxygens (including phenoxy) is 1. The van der Waals surface area contributed by atoms with E-state index >= 15 is 0 Å². The van der Waals surface area contributed by atoms with Crippen molar-refractivity contribution in [1.29, 1.82) is 0 Å². The highest BCUT2D eigenvalue weighted by molar-refractivity contribution is 5.84. The fraction of sp³-hybridized carbons (Fsp3) is 0.375. The van der Waals surface area contributed by atoms with E-state index in [0.29, 0.717) is 0 Å². The molecule has 0 fully saturated rings. The number of hydrogen-bond donors (Lipinski definition) is 2. The molecule has 102 valence electrons. The molecule has 2 rings (SSSR count). The van der Waals surface area contributed by atoms with Gasteiger partial charge in [-0.3, -0.25) is 0 Å². The summed E-state index contributed by atoms with van der Waals surface area (Å²) in [7, 11) is 1.68. The van der Waals surface area contributed by atoms with Crippen molar-refractivity contribution in [1.82, 2.24) is 0 Å². The summed E-state index contributed by atoms with van der Waals surface area (Å²) >= 11 is 0. The fourth-order valence-corrected chi connectivity index (χ4v) is 2.28. The standard InChI is InChI=1S/C16H22N2O/c1-19-15-8-7-12-10-14(6-5-13(12)11-15)16(18)4-2-3-9-17/h5-8,10-11,16H,2-4,9,17-18H2,1H3/t16-/m1/s1. The first-order chi connectivity index (χ1) is 9.24. The highest BCUT2D eigenvalue weighted by Gasteiger charge is 2.06. The summed E-state index contributed by atoms with van der Waals surface area (Å²) in [5.41, 5.74) is 12.9. The number of hydrogen-bond acceptors (Lipinski definition) is 3. The minimum atomic E-state index is 0.0954. The van der Waals surface area contributed by atoms with E-state index in [1.54, 1.807) is 7.11 Å². The van der Waals surface area contributed by atoms with Crippen LogP contribution in [-0.4, -0.2) is 13.7 Å². The Bertz CT molecular complexity index is 539. The molecule has 3 heteroatoms. The summed E-state index contributed by atoms with van der Waals surface area (Å²) in [6.45, 7) is 0.740. The van der Waals surface area contributed by atoms with Crippen LogP contribution in [0.15, 0.2) is 36.4 Å². The predicted molar refractivity (Wildman–Crippen MR) is 80.3 cm³/mol. The number of unbranched alkanes of at least 4 members (excludes halogenated alkanes) is 1. The molecule has 0 heterocycles. The molecule has 1 atom stereocenters. The summed E-state index contributed by atoms with van der Waals surface area (Å²) < 4.78 is 5.23. The molecular weight excluding hydrogens is 236 g/mol. The Morgan fingerprint density at radius 3 is 2.53 bits per heavy atom. The van der Waals surface area contributed by atoms with Crippen molar-refractivity contribution < 1.29 is 4.74 Å². The van der Waals surface area contributed by atoms with E-state index in [9.17, 15) is 0 Å². The molecule has 4 N–H and O–H groups in total. The van der Waals surface area contributed by atoms with E-state index < -0.39 is 0 Å². The van der Waals surface area contributed by atoms with Gasteiger partial charge in [0.1, 0.15) is 5.75 Å². The predicted octanol–water partition coefficient (Wildman–Crippen LogP) is 2.98. The molecule has 2 aromatic carbocycles. The van der Waals surface area contributed by atoms with Crippen LogP contribution in [0, 0.1) is 0 Å². The molecule has 0 radical (unpaired) electrons. The monoisotopic (exact) mass is 258 g/mol. The SMILES string of the molecule is COc1ccc2cc([C@H](N)CCCCN)ccc2c1. The average molecular weight is 258 g/mol. The molecule has 2 aromatic rings. The van der Waals surface area contributed by atoms with Crippen molar-refractivity contribution in [3.8, 4) is 5.75 Å². The van der Waals surface area contributed by atoms with Crippen molar-refractivity contribution in [2.45, 2.75) is 25.3 Å². The maximum absolute atomic E-state index is 6.22. The molecule has 3 nitrogen and oxygen atoms in total. The molecule has 0 aliphatic heterocycles. The Morgan fingerprint density at radius 2 is 1.79 bits per heavy atom. The maximum atomic E-state index is 6.22. The third kappa shape index (κ3) is 3.46. The van der Waals surface area contributed by atoms with Crippen LogP contribution in [0.2, 0.25) is 0 Å². The Labute approximate surface area is 114 Å². The van der Waals surface area contributed by atoms with Gasteiger partial charge in [0.05, 0.1) is 7.11 Å². The summed E-state index contributed by atoms with van der Waals surface area (Å²) in [6.07, 6.45) is 3.11. The molecule has 0 aliphatic rings. The second-order valence-corrected chi connectivity index (χ2v) is 4.86. The molecular formula is C16H22N2O.